The molecule has 4 aromatic rings. The quantitative estimate of drug-likeness (QED) is 0.503. The second-order valence-electron chi connectivity index (χ2n) is 6.65. The highest BCUT2D eigenvalue weighted by molar-refractivity contribution is 5.55. The molecular weight excluding hydrogens is 356 g/mol. The summed E-state index contributed by atoms with van der Waals surface area (Å²) in [5, 5.41) is 9.61. The molecule has 27 heavy (non-hydrogen) atoms. The fourth-order valence-electron chi connectivity index (χ4n) is 3.02. The van der Waals surface area contributed by atoms with Gasteiger partial charge in [0.05, 0.1) is 10.7 Å². The van der Waals surface area contributed by atoms with Gasteiger partial charge >= 0.3 is 5.82 Å². The summed E-state index contributed by atoms with van der Waals surface area (Å²) in [6, 6.07) is 24.8. The van der Waals surface area contributed by atoms with Gasteiger partial charge in [-0.1, -0.05) is 42.0 Å². The predicted molar refractivity (Wildman–Crippen MR) is 103 cm³/mol. The van der Waals surface area contributed by atoms with Crippen LogP contribution < -0.4 is 17.2 Å². The molecule has 3 aromatic carbocycles. The molecule has 0 unspecified atom stereocenters. The van der Waals surface area contributed by atoms with Crippen molar-refractivity contribution in [3.63, 3.8) is 0 Å². The van der Waals surface area contributed by atoms with Gasteiger partial charge in [-0.2, -0.15) is 0 Å². The first kappa shape index (κ1) is 18.8. The number of benzene rings is 3. The van der Waals surface area contributed by atoms with Crippen LogP contribution in [0.5, 0.6) is 0 Å². The Balaban J connectivity index is 0.00000210. The van der Waals surface area contributed by atoms with E-state index < -0.39 is 0 Å². The van der Waals surface area contributed by atoms with Gasteiger partial charge in [-0.15, -0.1) is 0 Å². The van der Waals surface area contributed by atoms with Crippen LogP contribution in [-0.4, -0.2) is 15.0 Å². The van der Waals surface area contributed by atoms with Crippen LogP contribution in [0.2, 0.25) is 0 Å². The van der Waals surface area contributed by atoms with Gasteiger partial charge in [0.15, 0.2) is 5.69 Å². The van der Waals surface area contributed by atoms with E-state index in [4.69, 9.17) is 10.2 Å². The van der Waals surface area contributed by atoms with Crippen molar-refractivity contribution in [2.75, 3.05) is 0 Å². The third-order valence-electron chi connectivity index (χ3n) is 4.30. The first-order valence-corrected chi connectivity index (χ1v) is 8.71. The maximum absolute atomic E-state index is 4.81. The lowest BCUT2D eigenvalue weighted by molar-refractivity contribution is -0.734. The lowest BCUT2D eigenvalue weighted by Crippen LogP contribution is -3.00. The predicted octanol–water partition coefficient (Wildman–Crippen LogP) is 1.14. The van der Waals surface area contributed by atoms with Crippen LogP contribution in [0.15, 0.2) is 72.8 Å². The largest absolute Gasteiger partial charge is 1.00 e. The molecule has 0 radical (unpaired) electrons. The lowest BCUT2D eigenvalue weighted by atomic mass is 10.1. The molecule has 1 aromatic heterocycles. The standard InChI is InChI=1S/C22H21N4.ClH/c1-16-7-4-10-19(13-16)22-23-25(20-11-5-8-17(2)14-20)26(24-22)21-12-6-9-18(3)15-21;/h4-15H,1-3H3;1H/q+1;/p-1. The van der Waals surface area contributed by atoms with Gasteiger partial charge in [0.25, 0.3) is 0 Å². The van der Waals surface area contributed by atoms with Gasteiger partial charge in [0.1, 0.15) is 5.69 Å². The van der Waals surface area contributed by atoms with Gasteiger partial charge in [-0.3, -0.25) is 0 Å². The molecule has 0 amide bonds. The highest BCUT2D eigenvalue weighted by atomic mass is 35.5. The van der Waals surface area contributed by atoms with E-state index in [1.54, 1.807) is 0 Å². The van der Waals surface area contributed by atoms with E-state index in [0.717, 1.165) is 16.9 Å². The summed E-state index contributed by atoms with van der Waals surface area (Å²) in [6.07, 6.45) is 0. The van der Waals surface area contributed by atoms with E-state index in [9.17, 15) is 0 Å². The molecule has 5 heteroatoms. The summed E-state index contributed by atoms with van der Waals surface area (Å²) in [5.41, 5.74) is 6.54. The number of tetrazole rings is 1. The minimum Gasteiger partial charge on any atom is -1.00 e. The van der Waals surface area contributed by atoms with Crippen LogP contribution in [-0.2, 0) is 0 Å². The average molecular weight is 377 g/mol. The van der Waals surface area contributed by atoms with Gasteiger partial charge in [-0.05, 0) is 78.2 Å². The Morgan fingerprint density at radius 3 is 2.04 bits per heavy atom. The summed E-state index contributed by atoms with van der Waals surface area (Å²) in [5.74, 6) is 0.705. The van der Waals surface area contributed by atoms with E-state index in [0.29, 0.717) is 5.82 Å². The maximum Gasteiger partial charge on any atom is 0.340 e. The molecule has 0 aliphatic rings. The number of nitrogens with zero attached hydrogens (tertiary/aromatic N) is 4. The molecule has 0 aliphatic heterocycles. The van der Waals surface area contributed by atoms with Crippen LogP contribution >= 0.6 is 0 Å². The third-order valence-corrected chi connectivity index (χ3v) is 4.30. The molecular formula is C22H21ClN4. The normalized spacial score (nSPS) is 10.5. The Morgan fingerprint density at radius 1 is 0.741 bits per heavy atom. The molecule has 4 nitrogen and oxygen atoms in total. The monoisotopic (exact) mass is 376 g/mol. The summed E-state index contributed by atoms with van der Waals surface area (Å²) in [6.45, 7) is 6.24. The minimum atomic E-state index is 0. The zero-order chi connectivity index (χ0) is 18.1. The molecule has 0 atom stereocenters. The number of aryl methyl sites for hydroxylation is 3. The van der Waals surface area contributed by atoms with Crippen LogP contribution in [0.4, 0.5) is 0 Å². The molecule has 0 N–H and O–H groups in total. The van der Waals surface area contributed by atoms with Crippen molar-refractivity contribution in [1.82, 2.24) is 15.0 Å². The summed E-state index contributed by atoms with van der Waals surface area (Å²) in [4.78, 5) is 3.72. The summed E-state index contributed by atoms with van der Waals surface area (Å²) in [7, 11) is 0. The molecule has 0 bridgehead atoms. The van der Waals surface area contributed by atoms with E-state index in [1.807, 2.05) is 46.0 Å². The number of hydrogen-bond donors (Lipinski definition) is 0. The van der Waals surface area contributed by atoms with Crippen molar-refractivity contribution < 1.29 is 17.2 Å². The Morgan fingerprint density at radius 2 is 1.37 bits per heavy atom. The van der Waals surface area contributed by atoms with Gasteiger partial charge in [0.2, 0.25) is 0 Å². The maximum atomic E-state index is 4.81. The van der Waals surface area contributed by atoms with Crippen molar-refractivity contribution in [3.05, 3.63) is 89.5 Å². The zero-order valence-corrected chi connectivity index (χ0v) is 16.4. The van der Waals surface area contributed by atoms with E-state index in [2.05, 4.69) is 57.2 Å². The molecule has 0 saturated carbocycles. The SMILES string of the molecule is Cc1cccc(-c2nn(-c3cccc(C)c3)[n+](-c3cccc(C)c3)n2)c1.[Cl-]. The Bertz CT molecular complexity index is 1020. The molecule has 0 aliphatic carbocycles. The Labute approximate surface area is 165 Å². The fraction of sp³-hybridized carbons (Fsp3) is 0.136. The first-order valence-electron chi connectivity index (χ1n) is 8.71. The van der Waals surface area contributed by atoms with E-state index in [1.165, 1.54) is 16.7 Å². The lowest BCUT2D eigenvalue weighted by Gasteiger charge is -2.01. The van der Waals surface area contributed by atoms with Crippen LogP contribution in [0.25, 0.3) is 22.8 Å². The number of rotatable bonds is 3. The molecule has 136 valence electrons. The van der Waals surface area contributed by atoms with E-state index >= 15 is 0 Å². The van der Waals surface area contributed by atoms with Gasteiger partial charge in [0, 0.05) is 4.80 Å². The van der Waals surface area contributed by atoms with Crippen molar-refractivity contribution >= 4 is 0 Å². The van der Waals surface area contributed by atoms with Crippen molar-refractivity contribution in [2.24, 2.45) is 0 Å². The minimum absolute atomic E-state index is 0. The first-order chi connectivity index (χ1) is 12.6. The number of hydrogen-bond acceptors (Lipinski definition) is 2. The van der Waals surface area contributed by atoms with Gasteiger partial charge < -0.3 is 12.4 Å². The smallest absolute Gasteiger partial charge is 0.340 e. The van der Waals surface area contributed by atoms with Gasteiger partial charge in [-0.25, -0.2) is 0 Å². The average Bonchev–Trinajstić information content (AvgIpc) is 3.07. The fourth-order valence-corrected chi connectivity index (χ4v) is 3.02. The Hall–Kier alpha value is -2.98. The summed E-state index contributed by atoms with van der Waals surface area (Å²) >= 11 is 0. The topological polar surface area (TPSA) is 34.6 Å². The highest BCUT2D eigenvalue weighted by Crippen LogP contribution is 2.17. The molecule has 1 heterocycles. The summed E-state index contributed by atoms with van der Waals surface area (Å²) < 4.78 is 0. The third kappa shape index (κ3) is 3.91. The molecule has 0 saturated heterocycles. The second-order valence-corrected chi connectivity index (χ2v) is 6.65. The van der Waals surface area contributed by atoms with Crippen molar-refractivity contribution in [1.29, 1.82) is 0 Å². The highest BCUT2D eigenvalue weighted by Gasteiger charge is 2.23. The molecule has 0 fully saturated rings. The second kappa shape index (κ2) is 7.72. The zero-order valence-electron chi connectivity index (χ0n) is 15.6. The Kier molecular flexibility index (Phi) is 5.38. The van der Waals surface area contributed by atoms with Crippen molar-refractivity contribution in [2.45, 2.75) is 20.8 Å². The molecule has 0 spiro atoms. The number of halogens is 1. The number of aromatic nitrogens is 4. The van der Waals surface area contributed by atoms with E-state index in [-0.39, 0.29) is 12.4 Å². The van der Waals surface area contributed by atoms with Crippen LogP contribution in [0.3, 0.4) is 0 Å². The van der Waals surface area contributed by atoms with Crippen molar-refractivity contribution in [3.8, 4) is 22.8 Å². The molecule has 4 rings (SSSR count). The van der Waals surface area contributed by atoms with Crippen LogP contribution in [0, 0.1) is 20.8 Å². The van der Waals surface area contributed by atoms with Crippen LogP contribution in [0.1, 0.15) is 16.7 Å².